The Labute approximate surface area is 190 Å². The van der Waals surface area contributed by atoms with Gasteiger partial charge in [0.05, 0.1) is 23.2 Å². The number of nitrogens with one attached hydrogen (secondary N) is 3. The summed E-state index contributed by atoms with van der Waals surface area (Å²) in [6.07, 6.45) is 0.194. The van der Waals surface area contributed by atoms with Crippen molar-refractivity contribution in [3.8, 4) is 11.3 Å². The van der Waals surface area contributed by atoms with E-state index in [0.29, 0.717) is 22.2 Å². The fourth-order valence-electron chi connectivity index (χ4n) is 3.27. The minimum atomic E-state index is -0.393. The molecule has 3 N–H and O–H groups in total. The van der Waals surface area contributed by atoms with E-state index in [0.717, 1.165) is 11.1 Å². The van der Waals surface area contributed by atoms with Crippen molar-refractivity contribution in [3.63, 3.8) is 0 Å². The highest BCUT2D eigenvalue weighted by Crippen LogP contribution is 2.24. The second-order valence-electron chi connectivity index (χ2n) is 7.06. The molecule has 1 aromatic heterocycles. The molecule has 1 heterocycles. The summed E-state index contributed by atoms with van der Waals surface area (Å²) in [5.74, 6) is -0.663. The van der Waals surface area contributed by atoms with Gasteiger partial charge in [-0.2, -0.15) is 0 Å². The molecule has 0 saturated heterocycles. The molecule has 0 spiro atoms. The summed E-state index contributed by atoms with van der Waals surface area (Å²) < 4.78 is 0. The molecule has 0 aliphatic rings. The maximum atomic E-state index is 13.0. The first-order valence-corrected chi connectivity index (χ1v) is 10.4. The van der Waals surface area contributed by atoms with Crippen LogP contribution in [0.5, 0.6) is 0 Å². The summed E-state index contributed by atoms with van der Waals surface area (Å²) in [6.45, 7) is 0. The van der Waals surface area contributed by atoms with E-state index in [1.54, 1.807) is 6.07 Å². The fourth-order valence-corrected chi connectivity index (χ4v) is 3.42. The summed E-state index contributed by atoms with van der Waals surface area (Å²) in [7, 11) is 0. The molecule has 158 valence electrons. The van der Waals surface area contributed by atoms with Gasteiger partial charge in [-0.25, -0.2) is 4.98 Å². The quantitative estimate of drug-likeness (QED) is 0.332. The number of hydrogen-bond donors (Lipinski definition) is 3. The fraction of sp³-hybridized carbons (Fsp3) is 0.0400. The van der Waals surface area contributed by atoms with Crippen molar-refractivity contribution < 1.29 is 9.59 Å². The van der Waals surface area contributed by atoms with E-state index in [1.165, 1.54) is 0 Å². The predicted molar refractivity (Wildman–Crippen MR) is 129 cm³/mol. The average molecular weight is 441 g/mol. The van der Waals surface area contributed by atoms with Crippen LogP contribution in [0, 0.1) is 0 Å². The first kappa shape index (κ1) is 21.1. The minimum absolute atomic E-state index is 0.00133. The summed E-state index contributed by atoms with van der Waals surface area (Å²) in [4.78, 5) is 29.8. The maximum absolute atomic E-state index is 13.0. The van der Waals surface area contributed by atoms with Gasteiger partial charge in [0.25, 0.3) is 5.91 Å². The van der Waals surface area contributed by atoms with Crippen LogP contribution in [-0.2, 0) is 11.2 Å². The molecule has 4 aromatic rings. The van der Waals surface area contributed by atoms with Gasteiger partial charge < -0.3 is 0 Å². The molecule has 0 aliphatic heterocycles. The van der Waals surface area contributed by atoms with Crippen molar-refractivity contribution in [2.75, 3.05) is 0 Å². The third kappa shape index (κ3) is 5.14. The second-order valence-corrected chi connectivity index (χ2v) is 7.47. The molecule has 0 unspecified atom stereocenters. The number of aromatic nitrogens is 1. The number of carbonyl (C=O) groups is 2. The van der Waals surface area contributed by atoms with E-state index < -0.39 is 5.91 Å². The van der Waals surface area contributed by atoms with E-state index in [-0.39, 0.29) is 17.4 Å². The summed E-state index contributed by atoms with van der Waals surface area (Å²) in [5, 5.41) is 3.33. The highest BCUT2D eigenvalue weighted by molar-refractivity contribution is 7.80. The number of rotatable bonds is 4. The number of pyridine rings is 1. The number of amides is 2. The average Bonchev–Trinajstić information content (AvgIpc) is 2.83. The zero-order valence-electron chi connectivity index (χ0n) is 17.0. The molecule has 6 nitrogen and oxygen atoms in total. The van der Waals surface area contributed by atoms with Gasteiger partial charge >= 0.3 is 0 Å². The Morgan fingerprint density at radius 3 is 2.22 bits per heavy atom. The van der Waals surface area contributed by atoms with Gasteiger partial charge in [-0.15, -0.1) is 0 Å². The zero-order valence-corrected chi connectivity index (χ0v) is 17.9. The highest BCUT2D eigenvalue weighted by Gasteiger charge is 2.15. The van der Waals surface area contributed by atoms with Crippen LogP contribution >= 0.6 is 12.2 Å². The standard InChI is InChI=1S/C25H20N4O2S/c30-23(15-17-9-3-1-4-10-17)28-29-25(32)27-24(31)20-16-22(18-11-5-2-6-12-18)26-21-14-8-7-13-19(20)21/h1-14,16H,15H2,(H,28,30)(H2,27,29,31,32). The van der Waals surface area contributed by atoms with E-state index >= 15 is 0 Å². The molecular formula is C25H20N4O2S. The summed E-state index contributed by atoms with van der Waals surface area (Å²) >= 11 is 5.19. The Bertz CT molecular complexity index is 1280. The molecule has 0 fully saturated rings. The topological polar surface area (TPSA) is 83.1 Å². The molecular weight excluding hydrogens is 420 g/mol. The van der Waals surface area contributed by atoms with Crippen molar-refractivity contribution in [2.24, 2.45) is 0 Å². The number of carbonyl (C=O) groups excluding carboxylic acids is 2. The highest BCUT2D eigenvalue weighted by atomic mass is 32.1. The lowest BCUT2D eigenvalue weighted by Crippen LogP contribution is -2.48. The largest absolute Gasteiger partial charge is 0.298 e. The predicted octanol–water partition coefficient (Wildman–Crippen LogP) is 3.78. The number of hydrazine groups is 1. The van der Waals surface area contributed by atoms with Gasteiger partial charge in [0.2, 0.25) is 5.91 Å². The third-order valence-electron chi connectivity index (χ3n) is 4.78. The molecule has 0 radical (unpaired) electrons. The van der Waals surface area contributed by atoms with Crippen LogP contribution in [0.2, 0.25) is 0 Å². The summed E-state index contributed by atoms with van der Waals surface area (Å²) in [6, 6.07) is 28.1. The second kappa shape index (κ2) is 9.80. The first-order valence-electron chi connectivity index (χ1n) is 9.99. The van der Waals surface area contributed by atoms with Gasteiger partial charge in [-0.1, -0.05) is 78.9 Å². The molecule has 7 heteroatoms. The van der Waals surface area contributed by atoms with Crippen LogP contribution in [0.3, 0.4) is 0 Å². The van der Waals surface area contributed by atoms with E-state index in [9.17, 15) is 9.59 Å². The number of benzene rings is 3. The number of fused-ring (bicyclic) bond motifs is 1. The molecule has 4 rings (SSSR count). The van der Waals surface area contributed by atoms with E-state index in [1.807, 2.05) is 84.9 Å². The Hall–Kier alpha value is -4.10. The zero-order chi connectivity index (χ0) is 22.3. The van der Waals surface area contributed by atoms with Crippen LogP contribution in [-0.4, -0.2) is 21.9 Å². The lowest BCUT2D eigenvalue weighted by Gasteiger charge is -2.13. The lowest BCUT2D eigenvalue weighted by atomic mass is 10.0. The summed E-state index contributed by atoms with van der Waals surface area (Å²) in [5.41, 5.74) is 8.69. The van der Waals surface area contributed by atoms with Crippen LogP contribution < -0.4 is 16.2 Å². The number of nitrogens with zero attached hydrogens (tertiary/aromatic N) is 1. The Morgan fingerprint density at radius 1 is 0.812 bits per heavy atom. The van der Waals surface area contributed by atoms with E-state index in [2.05, 4.69) is 21.2 Å². The smallest absolute Gasteiger partial charge is 0.258 e. The van der Waals surface area contributed by atoms with E-state index in [4.69, 9.17) is 12.2 Å². The van der Waals surface area contributed by atoms with Crippen LogP contribution in [0.1, 0.15) is 15.9 Å². The number of thiocarbonyl (C=S) groups is 1. The van der Waals surface area contributed by atoms with Crippen molar-refractivity contribution in [2.45, 2.75) is 6.42 Å². The van der Waals surface area contributed by atoms with Crippen LogP contribution in [0.4, 0.5) is 0 Å². The monoisotopic (exact) mass is 440 g/mol. The molecule has 0 saturated carbocycles. The van der Waals surface area contributed by atoms with Crippen molar-refractivity contribution in [1.82, 2.24) is 21.2 Å². The molecule has 0 bridgehead atoms. The number of hydrogen-bond acceptors (Lipinski definition) is 4. The van der Waals surface area contributed by atoms with Gasteiger partial charge in [0.15, 0.2) is 5.11 Å². The first-order chi connectivity index (χ1) is 15.6. The Kier molecular flexibility index (Phi) is 6.48. The van der Waals surface area contributed by atoms with Gasteiger partial charge in [-0.05, 0) is 29.9 Å². The molecule has 0 atom stereocenters. The molecule has 3 aromatic carbocycles. The van der Waals surface area contributed by atoms with Gasteiger partial charge in [0, 0.05) is 10.9 Å². The van der Waals surface area contributed by atoms with Crippen LogP contribution in [0.25, 0.3) is 22.2 Å². The SMILES string of the molecule is O=C(Cc1ccccc1)NNC(=S)NC(=O)c1cc(-c2ccccc2)nc2ccccc12. The third-order valence-corrected chi connectivity index (χ3v) is 4.98. The van der Waals surface area contributed by atoms with Crippen LogP contribution in [0.15, 0.2) is 91.0 Å². The normalized spacial score (nSPS) is 10.4. The van der Waals surface area contributed by atoms with Gasteiger partial charge in [0.1, 0.15) is 0 Å². The number of para-hydroxylation sites is 1. The molecule has 32 heavy (non-hydrogen) atoms. The Morgan fingerprint density at radius 2 is 1.47 bits per heavy atom. The lowest BCUT2D eigenvalue weighted by molar-refractivity contribution is -0.121. The van der Waals surface area contributed by atoms with Crippen molar-refractivity contribution in [1.29, 1.82) is 0 Å². The maximum Gasteiger partial charge on any atom is 0.258 e. The molecule has 2 amide bonds. The molecule has 0 aliphatic carbocycles. The minimum Gasteiger partial charge on any atom is -0.298 e. The van der Waals surface area contributed by atoms with Gasteiger partial charge in [-0.3, -0.25) is 25.8 Å². The van der Waals surface area contributed by atoms with Crippen molar-refractivity contribution in [3.05, 3.63) is 102 Å². The Balaban J connectivity index is 1.47. The van der Waals surface area contributed by atoms with Crippen molar-refractivity contribution >= 4 is 40.0 Å².